The minimum absolute atomic E-state index is 0.0670. The van der Waals surface area contributed by atoms with Gasteiger partial charge in [-0.15, -0.1) is 0 Å². The number of nitrogens with zero attached hydrogens (tertiary/aromatic N) is 1. The number of pyridine rings is 1. The Hall–Kier alpha value is -0.840. The molecule has 0 fully saturated rings. The van der Waals surface area contributed by atoms with Crippen molar-refractivity contribution in [1.29, 1.82) is 0 Å². The van der Waals surface area contributed by atoms with Gasteiger partial charge in [-0.1, -0.05) is 32.4 Å². The highest BCUT2D eigenvalue weighted by Gasteiger charge is 2.21. The second-order valence-corrected chi connectivity index (χ2v) is 6.90. The van der Waals surface area contributed by atoms with Crippen LogP contribution >= 0.6 is 27.5 Å². The molecule has 1 heterocycles. The molecule has 2 rings (SSSR count). The van der Waals surface area contributed by atoms with Crippen LogP contribution in [0.5, 0.6) is 0 Å². The number of hydrogen-bond donors (Lipinski definition) is 2. The quantitative estimate of drug-likeness (QED) is 0.591. The molecule has 5 heteroatoms. The van der Waals surface area contributed by atoms with Gasteiger partial charge in [0.05, 0.1) is 10.5 Å². The average Bonchev–Trinajstić information content (AvgIpc) is 2.33. The third-order valence-corrected chi connectivity index (χ3v) is 4.23. The summed E-state index contributed by atoms with van der Waals surface area (Å²) in [6.07, 6.45) is 0. The fourth-order valence-electron chi connectivity index (χ4n) is 2.08. The van der Waals surface area contributed by atoms with E-state index in [4.69, 9.17) is 17.4 Å². The van der Waals surface area contributed by atoms with Crippen LogP contribution in [0.1, 0.15) is 31.9 Å². The lowest BCUT2D eigenvalue weighted by Crippen LogP contribution is -2.19. The fourth-order valence-corrected chi connectivity index (χ4v) is 2.92. The van der Waals surface area contributed by atoms with Gasteiger partial charge in [-0.05, 0) is 46.0 Å². The van der Waals surface area contributed by atoms with Crippen molar-refractivity contribution in [2.45, 2.75) is 33.1 Å². The van der Waals surface area contributed by atoms with Crippen LogP contribution in [0.15, 0.2) is 16.6 Å². The minimum atomic E-state index is -0.0670. The first-order valence-electron chi connectivity index (χ1n) is 6.02. The first kappa shape index (κ1) is 14.6. The lowest BCUT2D eigenvalue weighted by Gasteiger charge is -2.23. The molecule has 102 valence electrons. The number of aromatic nitrogens is 1. The molecule has 3 N–H and O–H groups in total. The van der Waals surface area contributed by atoms with Crippen molar-refractivity contribution in [2.24, 2.45) is 5.84 Å². The van der Waals surface area contributed by atoms with Crippen LogP contribution in [-0.4, -0.2) is 4.98 Å². The van der Waals surface area contributed by atoms with Gasteiger partial charge in [0.2, 0.25) is 0 Å². The zero-order chi connectivity index (χ0) is 14.4. The topological polar surface area (TPSA) is 50.9 Å². The number of rotatable bonds is 1. The smallest absolute Gasteiger partial charge is 0.144 e. The number of nitrogens with two attached hydrogens (primary N) is 1. The van der Waals surface area contributed by atoms with E-state index in [1.165, 1.54) is 0 Å². The number of fused-ring (bicyclic) bond motifs is 1. The molecule has 0 unspecified atom stereocenters. The standard InChI is InChI=1S/C14H17BrClN3/c1-7-5-10(15)12-8(11(7)16)6-9(14(2,3)4)13(18-12)19-17/h5-6H,17H2,1-4H3,(H,18,19). The van der Waals surface area contributed by atoms with Crippen LogP contribution in [0.4, 0.5) is 5.82 Å². The third-order valence-electron chi connectivity index (χ3n) is 3.12. The number of benzene rings is 1. The van der Waals surface area contributed by atoms with Crippen LogP contribution < -0.4 is 11.3 Å². The van der Waals surface area contributed by atoms with Crippen molar-refractivity contribution in [2.75, 3.05) is 5.43 Å². The second kappa shape index (κ2) is 4.93. The van der Waals surface area contributed by atoms with Crippen LogP contribution in [0, 0.1) is 6.92 Å². The molecule has 0 spiro atoms. The van der Waals surface area contributed by atoms with Crippen molar-refractivity contribution in [3.63, 3.8) is 0 Å². The molecule has 1 aromatic heterocycles. The van der Waals surface area contributed by atoms with Crippen LogP contribution in [0.3, 0.4) is 0 Å². The summed E-state index contributed by atoms with van der Waals surface area (Å²) in [4.78, 5) is 4.59. The van der Waals surface area contributed by atoms with E-state index in [-0.39, 0.29) is 5.41 Å². The molecular weight excluding hydrogens is 326 g/mol. The van der Waals surface area contributed by atoms with Gasteiger partial charge in [-0.2, -0.15) is 0 Å². The minimum Gasteiger partial charge on any atom is -0.308 e. The van der Waals surface area contributed by atoms with Gasteiger partial charge in [0.15, 0.2) is 0 Å². The number of aryl methyl sites for hydroxylation is 1. The molecule has 3 nitrogen and oxygen atoms in total. The monoisotopic (exact) mass is 341 g/mol. The van der Waals surface area contributed by atoms with Gasteiger partial charge >= 0.3 is 0 Å². The van der Waals surface area contributed by atoms with Crippen LogP contribution in [0.25, 0.3) is 10.9 Å². The Morgan fingerprint density at radius 3 is 2.47 bits per heavy atom. The molecule has 0 radical (unpaired) electrons. The summed E-state index contributed by atoms with van der Waals surface area (Å²) >= 11 is 9.93. The average molecular weight is 343 g/mol. The SMILES string of the molecule is Cc1cc(Br)c2nc(NN)c(C(C)(C)C)cc2c1Cl. The Balaban J connectivity index is 2.90. The molecule has 0 aliphatic carbocycles. The number of nitrogens with one attached hydrogen (secondary N) is 1. The van der Waals surface area contributed by atoms with Crippen molar-refractivity contribution >= 4 is 44.3 Å². The fraction of sp³-hybridized carbons (Fsp3) is 0.357. The summed E-state index contributed by atoms with van der Waals surface area (Å²) in [5.74, 6) is 6.28. The van der Waals surface area contributed by atoms with E-state index in [2.05, 4.69) is 53.2 Å². The highest BCUT2D eigenvalue weighted by molar-refractivity contribution is 9.10. The van der Waals surface area contributed by atoms with E-state index < -0.39 is 0 Å². The second-order valence-electron chi connectivity index (χ2n) is 5.66. The highest BCUT2D eigenvalue weighted by Crippen LogP contribution is 2.37. The van der Waals surface area contributed by atoms with E-state index in [1.807, 2.05) is 13.0 Å². The molecule has 0 aliphatic heterocycles. The Labute approximate surface area is 126 Å². The Morgan fingerprint density at radius 2 is 1.95 bits per heavy atom. The molecule has 1 aromatic carbocycles. The predicted octanol–water partition coefficient (Wildman–Crippen LogP) is 4.54. The number of hydrazine groups is 1. The van der Waals surface area contributed by atoms with E-state index in [0.717, 1.165) is 31.5 Å². The van der Waals surface area contributed by atoms with Gasteiger partial charge in [-0.3, -0.25) is 0 Å². The lowest BCUT2D eigenvalue weighted by molar-refractivity contribution is 0.590. The third kappa shape index (κ3) is 2.57. The molecular formula is C14H17BrClN3. The van der Waals surface area contributed by atoms with E-state index >= 15 is 0 Å². The molecule has 0 saturated heterocycles. The zero-order valence-electron chi connectivity index (χ0n) is 11.4. The summed E-state index contributed by atoms with van der Waals surface area (Å²) < 4.78 is 0.918. The van der Waals surface area contributed by atoms with Gasteiger partial charge in [0.1, 0.15) is 5.82 Å². The molecule has 19 heavy (non-hydrogen) atoms. The van der Waals surface area contributed by atoms with Crippen molar-refractivity contribution in [1.82, 2.24) is 4.98 Å². The largest absolute Gasteiger partial charge is 0.308 e. The van der Waals surface area contributed by atoms with Crippen LogP contribution in [0.2, 0.25) is 5.02 Å². The van der Waals surface area contributed by atoms with Gasteiger partial charge in [-0.25, -0.2) is 10.8 Å². The first-order valence-corrected chi connectivity index (χ1v) is 7.19. The van der Waals surface area contributed by atoms with Gasteiger partial charge in [0, 0.05) is 15.4 Å². The summed E-state index contributed by atoms with van der Waals surface area (Å²) in [7, 11) is 0. The van der Waals surface area contributed by atoms with E-state index in [1.54, 1.807) is 0 Å². The maximum absolute atomic E-state index is 6.40. The van der Waals surface area contributed by atoms with Crippen LogP contribution in [-0.2, 0) is 5.41 Å². The number of halogens is 2. The number of nitrogen functional groups attached to an aromatic ring is 1. The van der Waals surface area contributed by atoms with E-state index in [9.17, 15) is 0 Å². The molecule has 0 bridgehead atoms. The Kier molecular flexibility index (Phi) is 3.78. The predicted molar refractivity (Wildman–Crippen MR) is 85.7 cm³/mol. The van der Waals surface area contributed by atoms with Crippen molar-refractivity contribution in [3.8, 4) is 0 Å². The van der Waals surface area contributed by atoms with Gasteiger partial charge in [0.25, 0.3) is 0 Å². The summed E-state index contributed by atoms with van der Waals surface area (Å²) in [6.45, 7) is 8.35. The molecule has 0 amide bonds. The zero-order valence-corrected chi connectivity index (χ0v) is 13.8. The van der Waals surface area contributed by atoms with Crippen molar-refractivity contribution in [3.05, 3.63) is 32.8 Å². The molecule has 2 aromatic rings. The maximum Gasteiger partial charge on any atom is 0.144 e. The van der Waals surface area contributed by atoms with Crippen molar-refractivity contribution < 1.29 is 0 Å². The Morgan fingerprint density at radius 1 is 1.32 bits per heavy atom. The molecule has 0 aliphatic rings. The lowest BCUT2D eigenvalue weighted by atomic mass is 9.86. The maximum atomic E-state index is 6.40. The first-order chi connectivity index (χ1) is 8.75. The summed E-state index contributed by atoms with van der Waals surface area (Å²) in [5, 5.41) is 1.68. The normalized spacial score (nSPS) is 11.9. The number of hydrogen-bond acceptors (Lipinski definition) is 3. The molecule has 0 atom stereocenters. The highest BCUT2D eigenvalue weighted by atomic mass is 79.9. The summed E-state index contributed by atoms with van der Waals surface area (Å²) in [6, 6.07) is 4.03. The molecule has 0 saturated carbocycles. The van der Waals surface area contributed by atoms with Gasteiger partial charge < -0.3 is 5.43 Å². The Bertz CT molecular complexity index is 647. The number of anilines is 1. The summed E-state index contributed by atoms with van der Waals surface area (Å²) in [5.41, 5.74) is 5.50. The van der Waals surface area contributed by atoms with E-state index in [0.29, 0.717) is 5.82 Å².